The van der Waals surface area contributed by atoms with Gasteiger partial charge in [-0.1, -0.05) is 19.1 Å². The molecule has 1 fully saturated rings. The predicted molar refractivity (Wildman–Crippen MR) is 129 cm³/mol. The molecule has 1 unspecified atom stereocenters. The number of nitrogens with one attached hydrogen (secondary N) is 2. The summed E-state index contributed by atoms with van der Waals surface area (Å²) in [4.78, 5) is 30.1. The number of carbonyl (C=O) groups is 2. The number of piperidine rings is 1. The normalized spacial score (nSPS) is 15.7. The van der Waals surface area contributed by atoms with Crippen molar-refractivity contribution in [1.82, 2.24) is 15.5 Å². The van der Waals surface area contributed by atoms with Crippen LogP contribution in [0, 0.1) is 0 Å². The number of nitrogens with two attached hydrogens (primary N) is 1. The topological polar surface area (TPSA) is 109 Å². The fraction of sp³-hybridized carbons (Fsp3) is 0.571. The van der Waals surface area contributed by atoms with E-state index in [0.717, 1.165) is 24.8 Å². The molecule has 8 nitrogen and oxygen atoms in total. The van der Waals surface area contributed by atoms with Gasteiger partial charge in [0.05, 0.1) is 13.2 Å². The molecular formula is C21H34IN5O3. The summed E-state index contributed by atoms with van der Waals surface area (Å²) in [5, 5.41) is 6.18. The van der Waals surface area contributed by atoms with Crippen LogP contribution in [0.2, 0.25) is 0 Å². The van der Waals surface area contributed by atoms with E-state index in [0.29, 0.717) is 37.8 Å². The Morgan fingerprint density at radius 2 is 2.00 bits per heavy atom. The number of rotatable bonds is 7. The van der Waals surface area contributed by atoms with E-state index in [1.54, 1.807) is 17.9 Å². The third-order valence-electron chi connectivity index (χ3n) is 4.98. The average Bonchev–Trinajstić information content (AvgIpc) is 2.73. The van der Waals surface area contributed by atoms with Crippen LogP contribution in [-0.2, 0) is 11.3 Å². The molecule has 30 heavy (non-hydrogen) atoms. The van der Waals surface area contributed by atoms with Gasteiger partial charge in [0.2, 0.25) is 0 Å². The molecule has 0 aliphatic carbocycles. The van der Waals surface area contributed by atoms with Crippen molar-refractivity contribution >= 4 is 41.9 Å². The molecule has 0 bridgehead atoms. The molecule has 2 rings (SSSR count). The molecule has 0 aromatic heterocycles. The summed E-state index contributed by atoms with van der Waals surface area (Å²) in [6.45, 7) is 7.87. The lowest BCUT2D eigenvalue weighted by atomic mass is 10.1. The van der Waals surface area contributed by atoms with Gasteiger partial charge in [-0.15, -0.1) is 24.0 Å². The number of ether oxygens (including phenoxy) is 1. The largest absolute Gasteiger partial charge is 0.450 e. The molecule has 9 heteroatoms. The lowest BCUT2D eigenvalue weighted by Crippen LogP contribution is -2.48. The fourth-order valence-electron chi connectivity index (χ4n) is 3.07. The van der Waals surface area contributed by atoms with Crippen molar-refractivity contribution in [1.29, 1.82) is 0 Å². The highest BCUT2D eigenvalue weighted by Crippen LogP contribution is 2.12. The van der Waals surface area contributed by atoms with Crippen LogP contribution in [0.15, 0.2) is 29.3 Å². The second-order valence-electron chi connectivity index (χ2n) is 7.29. The maximum absolute atomic E-state index is 12.3. The molecule has 1 heterocycles. The third kappa shape index (κ3) is 8.37. The summed E-state index contributed by atoms with van der Waals surface area (Å²) in [7, 11) is 0. The number of halogens is 1. The minimum atomic E-state index is -0.259. The van der Waals surface area contributed by atoms with Gasteiger partial charge >= 0.3 is 6.09 Å². The van der Waals surface area contributed by atoms with Crippen molar-refractivity contribution in [3.63, 3.8) is 0 Å². The molecule has 4 N–H and O–H groups in total. The minimum Gasteiger partial charge on any atom is -0.450 e. The Morgan fingerprint density at radius 1 is 1.30 bits per heavy atom. The van der Waals surface area contributed by atoms with Crippen LogP contribution in [0.1, 0.15) is 56.0 Å². The lowest BCUT2D eigenvalue weighted by molar-refractivity contribution is 0.0936. The van der Waals surface area contributed by atoms with Gasteiger partial charge in [-0.25, -0.2) is 9.79 Å². The second-order valence-corrected chi connectivity index (χ2v) is 7.29. The first-order chi connectivity index (χ1) is 13.9. The molecule has 0 radical (unpaired) electrons. The third-order valence-corrected chi connectivity index (χ3v) is 4.98. The number of guanidine groups is 1. The van der Waals surface area contributed by atoms with Gasteiger partial charge in [0, 0.05) is 30.7 Å². The van der Waals surface area contributed by atoms with Crippen molar-refractivity contribution in [3.8, 4) is 0 Å². The molecular weight excluding hydrogens is 497 g/mol. The molecule has 0 saturated carbocycles. The molecule has 1 aromatic carbocycles. The average molecular weight is 531 g/mol. The molecule has 168 valence electrons. The fourth-order valence-corrected chi connectivity index (χ4v) is 3.07. The van der Waals surface area contributed by atoms with Gasteiger partial charge in [-0.2, -0.15) is 0 Å². The highest BCUT2D eigenvalue weighted by molar-refractivity contribution is 14.0. The molecule has 1 aromatic rings. The Hall–Kier alpha value is -2.04. The van der Waals surface area contributed by atoms with Crippen LogP contribution in [0.3, 0.4) is 0 Å². The van der Waals surface area contributed by atoms with E-state index in [9.17, 15) is 9.59 Å². The number of hydrogen-bond donors (Lipinski definition) is 3. The van der Waals surface area contributed by atoms with E-state index in [1.165, 1.54) is 0 Å². The van der Waals surface area contributed by atoms with Crippen LogP contribution in [0.25, 0.3) is 0 Å². The summed E-state index contributed by atoms with van der Waals surface area (Å²) >= 11 is 0. The summed E-state index contributed by atoms with van der Waals surface area (Å²) in [6.07, 6.45) is 2.21. The number of carbonyl (C=O) groups excluding carboxylic acids is 2. The Balaban J connectivity index is 0.00000450. The smallest absolute Gasteiger partial charge is 0.409 e. The van der Waals surface area contributed by atoms with Crippen LogP contribution >= 0.6 is 24.0 Å². The van der Waals surface area contributed by atoms with E-state index < -0.39 is 0 Å². The van der Waals surface area contributed by atoms with Crippen molar-refractivity contribution < 1.29 is 14.3 Å². The van der Waals surface area contributed by atoms with E-state index >= 15 is 0 Å². The van der Waals surface area contributed by atoms with Crippen molar-refractivity contribution in [2.75, 3.05) is 19.7 Å². The van der Waals surface area contributed by atoms with E-state index in [4.69, 9.17) is 10.5 Å². The summed E-state index contributed by atoms with van der Waals surface area (Å²) in [6, 6.07) is 7.73. The molecule has 1 saturated heterocycles. The predicted octanol–water partition coefficient (Wildman–Crippen LogP) is 2.86. The van der Waals surface area contributed by atoms with Gasteiger partial charge in [0.15, 0.2) is 5.96 Å². The number of aliphatic imine (C=N–C) groups is 1. The first-order valence-electron chi connectivity index (χ1n) is 10.3. The zero-order valence-electron chi connectivity index (χ0n) is 18.0. The number of benzene rings is 1. The molecule has 1 aliphatic rings. The highest BCUT2D eigenvalue weighted by atomic mass is 127. The maximum atomic E-state index is 12.3. The number of likely N-dealkylation sites (tertiary alicyclic amines) is 1. The SMILES string of the molecule is CCOC(=O)N1CCC(NC(N)=NCc2cccc(C(=O)NC(C)CC)c2)CC1.I. The van der Waals surface area contributed by atoms with Crippen LogP contribution in [0.4, 0.5) is 4.79 Å². The van der Waals surface area contributed by atoms with E-state index in [1.807, 2.05) is 32.0 Å². The van der Waals surface area contributed by atoms with Gasteiger partial charge in [-0.3, -0.25) is 4.79 Å². The summed E-state index contributed by atoms with van der Waals surface area (Å²) in [5.41, 5.74) is 7.57. The second kappa shape index (κ2) is 13.3. The maximum Gasteiger partial charge on any atom is 0.409 e. The van der Waals surface area contributed by atoms with Crippen molar-refractivity contribution in [2.45, 2.75) is 58.7 Å². The van der Waals surface area contributed by atoms with Gasteiger partial charge < -0.3 is 26.0 Å². The Morgan fingerprint density at radius 3 is 2.63 bits per heavy atom. The first-order valence-corrected chi connectivity index (χ1v) is 10.3. The zero-order chi connectivity index (χ0) is 21.2. The van der Waals surface area contributed by atoms with Crippen molar-refractivity contribution in [3.05, 3.63) is 35.4 Å². The van der Waals surface area contributed by atoms with Crippen LogP contribution < -0.4 is 16.4 Å². The molecule has 1 aliphatic heterocycles. The summed E-state index contributed by atoms with van der Waals surface area (Å²) < 4.78 is 5.03. The zero-order valence-corrected chi connectivity index (χ0v) is 20.3. The Bertz CT molecular complexity index is 720. The van der Waals surface area contributed by atoms with E-state index in [2.05, 4.69) is 15.6 Å². The number of amides is 2. The standard InChI is InChI=1S/C21H33N5O3.HI/c1-4-15(3)24-19(27)17-8-6-7-16(13-17)14-23-20(22)25-18-9-11-26(12-10-18)21(28)29-5-2;/h6-8,13,15,18H,4-5,9-12,14H2,1-3H3,(H,24,27)(H3,22,23,25);1H. The minimum absolute atomic E-state index is 0. The number of nitrogens with zero attached hydrogens (tertiary/aromatic N) is 2. The van der Waals surface area contributed by atoms with Gasteiger partial charge in [0.1, 0.15) is 0 Å². The molecule has 2 amide bonds. The monoisotopic (exact) mass is 531 g/mol. The Labute approximate surface area is 196 Å². The van der Waals surface area contributed by atoms with E-state index in [-0.39, 0.29) is 48.1 Å². The Kier molecular flexibility index (Phi) is 11.5. The molecule has 0 spiro atoms. The first kappa shape index (κ1) is 26.0. The number of hydrogen-bond acceptors (Lipinski definition) is 4. The quantitative estimate of drug-likeness (QED) is 0.285. The van der Waals surface area contributed by atoms with Crippen LogP contribution in [-0.4, -0.2) is 54.6 Å². The van der Waals surface area contributed by atoms with Gasteiger partial charge in [-0.05, 0) is 50.8 Å². The van der Waals surface area contributed by atoms with Crippen molar-refractivity contribution in [2.24, 2.45) is 10.7 Å². The lowest BCUT2D eigenvalue weighted by Gasteiger charge is -2.31. The van der Waals surface area contributed by atoms with Gasteiger partial charge in [0.25, 0.3) is 5.91 Å². The summed E-state index contributed by atoms with van der Waals surface area (Å²) in [5.74, 6) is 0.290. The molecule has 1 atom stereocenters. The highest BCUT2D eigenvalue weighted by Gasteiger charge is 2.23. The van der Waals surface area contributed by atoms with Crippen LogP contribution in [0.5, 0.6) is 0 Å².